The van der Waals surface area contributed by atoms with Crippen LogP contribution in [0.25, 0.3) is 0 Å². The number of rotatable bonds is 4. The van der Waals surface area contributed by atoms with Gasteiger partial charge in [0.1, 0.15) is 5.60 Å². The fraction of sp³-hybridized carbons (Fsp3) is 0.857. The molecule has 0 radical (unpaired) electrons. The van der Waals surface area contributed by atoms with Gasteiger partial charge in [0.05, 0.1) is 0 Å². The van der Waals surface area contributed by atoms with Crippen molar-refractivity contribution in [1.82, 2.24) is 10.1 Å². The Morgan fingerprint density at radius 2 is 1.89 bits per heavy atom. The molecule has 0 amide bonds. The topological polar surface area (TPSA) is 74.2 Å². The zero-order valence-electron chi connectivity index (χ0n) is 11.7. The second-order valence-corrected chi connectivity index (χ2v) is 6.16. The van der Waals surface area contributed by atoms with Gasteiger partial charge in [-0.25, -0.2) is 0 Å². The average molecular weight is 265 g/mol. The summed E-state index contributed by atoms with van der Waals surface area (Å²) in [5.74, 6) is 1.38. The Bertz CT molecular complexity index is 434. The van der Waals surface area contributed by atoms with Gasteiger partial charge in [0.25, 0.3) is 0 Å². The molecule has 5 heteroatoms. The number of methoxy groups -OCH3 is 1. The number of ether oxygens (including phenoxy) is 1. The minimum Gasteiger partial charge on any atom is -0.370 e. The molecule has 2 aliphatic carbocycles. The van der Waals surface area contributed by atoms with Crippen molar-refractivity contribution in [3.8, 4) is 0 Å². The Morgan fingerprint density at radius 1 is 1.16 bits per heavy atom. The van der Waals surface area contributed by atoms with Crippen LogP contribution in [0, 0.1) is 0 Å². The molecule has 0 bridgehead atoms. The minimum absolute atomic E-state index is 0.114. The largest absolute Gasteiger partial charge is 0.370 e. The van der Waals surface area contributed by atoms with Crippen molar-refractivity contribution in [3.05, 3.63) is 11.7 Å². The Kier molecular flexibility index (Phi) is 3.35. The number of nitrogens with two attached hydrogens (primary N) is 1. The van der Waals surface area contributed by atoms with Crippen LogP contribution in [0.3, 0.4) is 0 Å². The van der Waals surface area contributed by atoms with Crippen LogP contribution < -0.4 is 5.73 Å². The summed E-state index contributed by atoms with van der Waals surface area (Å²) in [6.45, 7) is 0. The Balaban J connectivity index is 1.75. The SMILES string of the molecule is COC1(c2noc(CC3(N)CCC3)n2)CCCCC1. The van der Waals surface area contributed by atoms with Crippen molar-refractivity contribution in [2.45, 2.75) is 68.9 Å². The van der Waals surface area contributed by atoms with Gasteiger partial charge >= 0.3 is 0 Å². The van der Waals surface area contributed by atoms with E-state index in [0.29, 0.717) is 18.1 Å². The summed E-state index contributed by atoms with van der Waals surface area (Å²) in [6.07, 6.45) is 9.57. The van der Waals surface area contributed by atoms with Gasteiger partial charge in [0, 0.05) is 19.1 Å². The molecule has 0 saturated heterocycles. The lowest BCUT2D eigenvalue weighted by Crippen LogP contribution is -2.48. The predicted octanol–water partition coefficient (Wildman–Crippen LogP) is 2.30. The fourth-order valence-corrected chi connectivity index (χ4v) is 3.26. The van der Waals surface area contributed by atoms with Crippen LogP contribution in [0.2, 0.25) is 0 Å². The molecule has 2 fully saturated rings. The standard InChI is InChI=1S/C14H23N3O2/c1-18-14(8-3-2-4-9-14)12-16-11(19-17-12)10-13(15)6-5-7-13/h2-10,15H2,1H3. The smallest absolute Gasteiger partial charge is 0.228 e. The Labute approximate surface area is 113 Å². The third-order valence-corrected chi connectivity index (χ3v) is 4.78. The van der Waals surface area contributed by atoms with Gasteiger partial charge in [-0.3, -0.25) is 0 Å². The van der Waals surface area contributed by atoms with Gasteiger partial charge in [0.2, 0.25) is 11.7 Å². The van der Waals surface area contributed by atoms with E-state index in [0.717, 1.165) is 25.7 Å². The van der Waals surface area contributed by atoms with E-state index in [2.05, 4.69) is 10.1 Å². The molecule has 0 spiro atoms. The molecule has 2 aliphatic rings. The van der Waals surface area contributed by atoms with E-state index >= 15 is 0 Å². The first-order valence-electron chi connectivity index (χ1n) is 7.33. The quantitative estimate of drug-likeness (QED) is 0.904. The van der Waals surface area contributed by atoms with Crippen LogP contribution >= 0.6 is 0 Å². The maximum Gasteiger partial charge on any atom is 0.228 e. The monoisotopic (exact) mass is 265 g/mol. The fourth-order valence-electron chi connectivity index (χ4n) is 3.26. The average Bonchev–Trinajstić information content (AvgIpc) is 2.86. The highest BCUT2D eigenvalue weighted by Crippen LogP contribution is 2.39. The molecule has 3 rings (SSSR count). The van der Waals surface area contributed by atoms with Crippen LogP contribution in [-0.4, -0.2) is 22.8 Å². The molecule has 2 saturated carbocycles. The summed E-state index contributed by atoms with van der Waals surface area (Å²) in [7, 11) is 1.75. The minimum atomic E-state index is -0.332. The van der Waals surface area contributed by atoms with Crippen LogP contribution in [0.5, 0.6) is 0 Å². The molecule has 1 heterocycles. The first-order valence-corrected chi connectivity index (χ1v) is 7.33. The van der Waals surface area contributed by atoms with Crippen molar-refractivity contribution in [2.75, 3.05) is 7.11 Å². The number of aromatic nitrogens is 2. The number of hydrogen-bond donors (Lipinski definition) is 1. The van der Waals surface area contributed by atoms with E-state index in [-0.39, 0.29) is 11.1 Å². The molecule has 0 atom stereocenters. The predicted molar refractivity (Wildman–Crippen MR) is 70.5 cm³/mol. The first-order chi connectivity index (χ1) is 9.16. The molecule has 0 aromatic carbocycles. The summed E-state index contributed by atoms with van der Waals surface area (Å²) in [6, 6.07) is 0. The van der Waals surface area contributed by atoms with Crippen LogP contribution in [0.15, 0.2) is 4.52 Å². The molecule has 0 unspecified atom stereocenters. The molecule has 5 nitrogen and oxygen atoms in total. The van der Waals surface area contributed by atoms with Gasteiger partial charge in [-0.1, -0.05) is 24.4 Å². The molecular formula is C14H23N3O2. The highest BCUT2D eigenvalue weighted by molar-refractivity contribution is 5.06. The van der Waals surface area contributed by atoms with E-state index in [4.69, 9.17) is 15.0 Å². The van der Waals surface area contributed by atoms with Gasteiger partial charge < -0.3 is 15.0 Å². The van der Waals surface area contributed by atoms with Gasteiger partial charge in [-0.05, 0) is 32.1 Å². The summed E-state index contributed by atoms with van der Waals surface area (Å²) in [5, 5.41) is 4.16. The molecular weight excluding hydrogens is 242 g/mol. The van der Waals surface area contributed by atoms with Crippen molar-refractivity contribution < 1.29 is 9.26 Å². The zero-order valence-corrected chi connectivity index (χ0v) is 11.7. The lowest BCUT2D eigenvalue weighted by atomic mass is 9.75. The van der Waals surface area contributed by atoms with E-state index in [1.165, 1.54) is 25.7 Å². The van der Waals surface area contributed by atoms with Crippen LogP contribution in [0.4, 0.5) is 0 Å². The Hall–Kier alpha value is -0.940. The lowest BCUT2D eigenvalue weighted by Gasteiger charge is -2.36. The van der Waals surface area contributed by atoms with Gasteiger partial charge in [-0.2, -0.15) is 4.98 Å². The molecule has 19 heavy (non-hydrogen) atoms. The van der Waals surface area contributed by atoms with Crippen molar-refractivity contribution >= 4 is 0 Å². The molecule has 1 aromatic heterocycles. The maximum atomic E-state index is 6.23. The van der Waals surface area contributed by atoms with Crippen molar-refractivity contribution in [3.63, 3.8) is 0 Å². The van der Waals surface area contributed by atoms with Gasteiger partial charge in [-0.15, -0.1) is 0 Å². The molecule has 1 aromatic rings. The third kappa shape index (κ3) is 2.41. The number of nitrogens with zero attached hydrogens (tertiary/aromatic N) is 2. The maximum absolute atomic E-state index is 6.23. The summed E-state index contributed by atoms with van der Waals surface area (Å²) in [4.78, 5) is 4.56. The highest BCUT2D eigenvalue weighted by Gasteiger charge is 2.40. The summed E-state index contributed by atoms with van der Waals surface area (Å²) >= 11 is 0. The second-order valence-electron chi connectivity index (χ2n) is 6.16. The first kappa shape index (κ1) is 13.1. The summed E-state index contributed by atoms with van der Waals surface area (Å²) < 4.78 is 11.1. The third-order valence-electron chi connectivity index (χ3n) is 4.78. The van der Waals surface area contributed by atoms with Crippen LogP contribution in [-0.2, 0) is 16.8 Å². The van der Waals surface area contributed by atoms with Crippen LogP contribution in [0.1, 0.15) is 63.1 Å². The Morgan fingerprint density at radius 3 is 2.47 bits per heavy atom. The second kappa shape index (κ2) is 4.87. The number of hydrogen-bond acceptors (Lipinski definition) is 5. The van der Waals surface area contributed by atoms with Gasteiger partial charge in [0.15, 0.2) is 0 Å². The molecule has 0 aliphatic heterocycles. The zero-order chi connectivity index (χ0) is 13.3. The molecule has 106 valence electrons. The van der Waals surface area contributed by atoms with E-state index in [1.807, 2.05) is 0 Å². The molecule has 2 N–H and O–H groups in total. The van der Waals surface area contributed by atoms with E-state index < -0.39 is 0 Å². The normalized spacial score (nSPS) is 24.9. The van der Waals surface area contributed by atoms with Crippen molar-refractivity contribution in [2.24, 2.45) is 5.73 Å². The van der Waals surface area contributed by atoms with E-state index in [9.17, 15) is 0 Å². The highest BCUT2D eigenvalue weighted by atomic mass is 16.5. The van der Waals surface area contributed by atoms with Crippen molar-refractivity contribution in [1.29, 1.82) is 0 Å². The summed E-state index contributed by atoms with van der Waals surface area (Å²) in [5.41, 5.74) is 5.78. The van der Waals surface area contributed by atoms with E-state index in [1.54, 1.807) is 7.11 Å². The lowest BCUT2D eigenvalue weighted by molar-refractivity contribution is -0.0527.